The van der Waals surface area contributed by atoms with Crippen LogP contribution in [-0.4, -0.2) is 50.4 Å². The van der Waals surface area contributed by atoms with Crippen molar-refractivity contribution in [2.45, 2.75) is 52.4 Å². The summed E-state index contributed by atoms with van der Waals surface area (Å²) in [5, 5.41) is 14.0. The number of carbonyl (C=O) groups is 1. The number of anilines is 2. The second kappa shape index (κ2) is 8.99. The Bertz CT molecular complexity index is 1450. The lowest BCUT2D eigenvalue weighted by atomic mass is 10.0. The number of ether oxygens (including phenoxy) is 1. The third-order valence-corrected chi connectivity index (χ3v) is 7.26. The number of aliphatic hydroxyl groups excluding tert-OH is 1. The molecule has 9 nitrogen and oxygen atoms in total. The fraction of sp³-hybridized carbons (Fsp3) is 0.481. The van der Waals surface area contributed by atoms with Crippen molar-refractivity contribution in [2.75, 3.05) is 23.3 Å². The normalized spacial score (nSPS) is 21.6. The lowest BCUT2D eigenvalue weighted by Crippen LogP contribution is -2.33. The summed E-state index contributed by atoms with van der Waals surface area (Å²) in [5.41, 5.74) is 2.09. The van der Waals surface area contributed by atoms with Crippen LogP contribution in [0.5, 0.6) is 0 Å². The first-order valence-corrected chi connectivity index (χ1v) is 12.8. The molecule has 2 unspecified atom stereocenters. The van der Waals surface area contributed by atoms with Gasteiger partial charge in [0.05, 0.1) is 28.7 Å². The van der Waals surface area contributed by atoms with E-state index in [1.54, 1.807) is 44.5 Å². The highest BCUT2D eigenvalue weighted by molar-refractivity contribution is 6.29. The molecule has 2 aromatic heterocycles. The van der Waals surface area contributed by atoms with Gasteiger partial charge in [0.1, 0.15) is 10.8 Å². The number of aliphatic hydroxyl groups is 1. The molecule has 37 heavy (non-hydrogen) atoms. The summed E-state index contributed by atoms with van der Waals surface area (Å²) in [7, 11) is 1.74. The topological polar surface area (TPSA) is 110 Å². The fourth-order valence-electron chi connectivity index (χ4n) is 5.16. The summed E-state index contributed by atoms with van der Waals surface area (Å²) in [6, 6.07) is 6.83. The van der Waals surface area contributed by atoms with Crippen molar-refractivity contribution in [3.8, 4) is 0 Å². The Morgan fingerprint density at radius 3 is 2.54 bits per heavy atom. The minimum atomic E-state index is -0.691. The number of hydrogen-bond donors (Lipinski definition) is 2. The lowest BCUT2D eigenvalue weighted by molar-refractivity contribution is 0.00640. The molecule has 2 N–H and O–H groups in total. The van der Waals surface area contributed by atoms with E-state index in [-0.39, 0.29) is 40.4 Å². The number of aromatic nitrogens is 3. The predicted octanol–water partition coefficient (Wildman–Crippen LogP) is 3.85. The van der Waals surface area contributed by atoms with Crippen molar-refractivity contribution in [2.24, 2.45) is 18.9 Å². The quantitative estimate of drug-likeness (QED) is 0.382. The van der Waals surface area contributed by atoms with Crippen molar-refractivity contribution in [3.05, 3.63) is 56.6 Å². The first-order valence-electron chi connectivity index (χ1n) is 12.4. The van der Waals surface area contributed by atoms with E-state index in [0.29, 0.717) is 35.6 Å². The van der Waals surface area contributed by atoms with Gasteiger partial charge in [-0.05, 0) is 58.4 Å². The van der Waals surface area contributed by atoms with Gasteiger partial charge in [-0.3, -0.25) is 9.36 Å². The van der Waals surface area contributed by atoms with Crippen molar-refractivity contribution in [1.29, 1.82) is 0 Å². The molecule has 3 heterocycles. The number of halogens is 1. The number of aryl methyl sites for hydroxylation is 1. The Morgan fingerprint density at radius 1 is 1.22 bits per heavy atom. The van der Waals surface area contributed by atoms with Gasteiger partial charge in [-0.15, -0.1) is 0 Å². The van der Waals surface area contributed by atoms with Crippen LogP contribution < -0.4 is 15.8 Å². The standard InChI is InChI=1S/C27H32ClN5O4/c1-13-9-15(14(2)29-19-7-8-20(28)30-22(19)25(36)37-27(3,4)5)21-16(10-13)24(35)32(6)26(31-21)33-11-17-18(12-33)23(17)34/h7-10,14,17-18,23,29,34H,11-12H2,1-6H3/t14?,17-,18+,23?. The summed E-state index contributed by atoms with van der Waals surface area (Å²) < 4.78 is 7.13. The van der Waals surface area contributed by atoms with Gasteiger partial charge in [0.25, 0.3) is 5.56 Å². The van der Waals surface area contributed by atoms with Gasteiger partial charge in [0.2, 0.25) is 5.95 Å². The van der Waals surface area contributed by atoms with Crippen molar-refractivity contribution >= 4 is 40.1 Å². The summed E-state index contributed by atoms with van der Waals surface area (Å²) >= 11 is 6.10. The van der Waals surface area contributed by atoms with Crippen LogP contribution in [0, 0.1) is 18.8 Å². The molecule has 1 aliphatic carbocycles. The van der Waals surface area contributed by atoms with Crippen molar-refractivity contribution in [1.82, 2.24) is 14.5 Å². The number of carbonyl (C=O) groups excluding carboxylic acids is 1. The van der Waals surface area contributed by atoms with Crippen LogP contribution in [0.2, 0.25) is 5.15 Å². The number of pyridine rings is 1. The van der Waals surface area contributed by atoms with Crippen LogP contribution in [0.15, 0.2) is 29.1 Å². The highest BCUT2D eigenvalue weighted by Crippen LogP contribution is 2.46. The smallest absolute Gasteiger partial charge is 0.359 e. The van der Waals surface area contributed by atoms with E-state index in [4.69, 9.17) is 21.3 Å². The molecule has 1 saturated carbocycles. The van der Waals surface area contributed by atoms with E-state index in [1.165, 1.54) is 0 Å². The highest BCUT2D eigenvalue weighted by Gasteiger charge is 2.55. The van der Waals surface area contributed by atoms with Gasteiger partial charge in [-0.25, -0.2) is 14.8 Å². The third kappa shape index (κ3) is 4.78. The van der Waals surface area contributed by atoms with Crippen LogP contribution in [0.3, 0.4) is 0 Å². The van der Waals surface area contributed by atoms with Crippen LogP contribution in [0.25, 0.3) is 10.9 Å². The third-order valence-electron chi connectivity index (χ3n) is 7.05. The SMILES string of the molecule is Cc1cc(C(C)Nc2ccc(Cl)nc2C(=O)OC(C)(C)C)c2nc(N3C[C@@H]4C(O)[C@@H]4C3)n(C)c(=O)c2c1. The van der Waals surface area contributed by atoms with E-state index in [1.807, 2.05) is 26.0 Å². The molecule has 1 aliphatic heterocycles. The van der Waals surface area contributed by atoms with E-state index >= 15 is 0 Å². The molecule has 0 radical (unpaired) electrons. The van der Waals surface area contributed by atoms with Gasteiger partial charge < -0.3 is 20.1 Å². The molecule has 2 fully saturated rings. The minimum absolute atomic E-state index is 0.0886. The van der Waals surface area contributed by atoms with Crippen LogP contribution in [-0.2, 0) is 11.8 Å². The summed E-state index contributed by atoms with van der Waals surface area (Å²) in [6.45, 7) is 10.6. The molecule has 0 amide bonds. The maximum Gasteiger partial charge on any atom is 0.359 e. The number of rotatable bonds is 5. The molecule has 2 aliphatic rings. The van der Waals surface area contributed by atoms with Gasteiger partial charge >= 0.3 is 5.97 Å². The second-order valence-electron chi connectivity index (χ2n) is 11.1. The zero-order chi connectivity index (χ0) is 26.8. The van der Waals surface area contributed by atoms with Crippen LogP contribution in [0.4, 0.5) is 11.6 Å². The van der Waals surface area contributed by atoms with E-state index < -0.39 is 11.6 Å². The molecule has 1 saturated heterocycles. The molecular weight excluding hydrogens is 494 g/mol. The Hall–Kier alpha value is -3.17. The zero-order valence-corrected chi connectivity index (χ0v) is 22.6. The van der Waals surface area contributed by atoms with Crippen molar-refractivity contribution < 1.29 is 14.6 Å². The molecule has 3 aromatic rings. The maximum atomic E-state index is 13.4. The van der Waals surface area contributed by atoms with Gasteiger partial charge in [0.15, 0.2) is 5.69 Å². The monoisotopic (exact) mass is 525 g/mol. The molecule has 1 aromatic carbocycles. The first kappa shape index (κ1) is 25.5. The maximum absolute atomic E-state index is 13.4. The number of benzene rings is 1. The summed E-state index contributed by atoms with van der Waals surface area (Å²) in [4.78, 5) is 37.5. The average Bonchev–Trinajstić information content (AvgIpc) is 3.20. The van der Waals surface area contributed by atoms with Crippen molar-refractivity contribution in [3.63, 3.8) is 0 Å². The van der Waals surface area contributed by atoms with Crippen LogP contribution in [0.1, 0.15) is 55.4 Å². The molecule has 5 rings (SSSR count). The van der Waals surface area contributed by atoms with Gasteiger partial charge in [-0.1, -0.05) is 17.7 Å². The Morgan fingerprint density at radius 2 is 1.89 bits per heavy atom. The van der Waals surface area contributed by atoms with E-state index in [0.717, 1.165) is 11.1 Å². The molecule has 10 heteroatoms. The number of nitrogens with zero attached hydrogens (tertiary/aromatic N) is 4. The van der Waals surface area contributed by atoms with Gasteiger partial charge in [-0.2, -0.15) is 0 Å². The Kier molecular flexibility index (Phi) is 6.19. The van der Waals surface area contributed by atoms with Gasteiger partial charge in [0, 0.05) is 37.5 Å². The predicted molar refractivity (Wildman–Crippen MR) is 143 cm³/mol. The summed E-state index contributed by atoms with van der Waals surface area (Å²) in [5.74, 6) is 0.503. The van der Waals surface area contributed by atoms with Crippen LogP contribution >= 0.6 is 11.6 Å². The zero-order valence-electron chi connectivity index (χ0n) is 21.9. The second-order valence-corrected chi connectivity index (χ2v) is 11.5. The molecule has 4 atom stereocenters. The molecule has 196 valence electrons. The fourth-order valence-corrected chi connectivity index (χ4v) is 5.30. The molecule has 0 spiro atoms. The average molecular weight is 526 g/mol. The lowest BCUT2D eigenvalue weighted by Gasteiger charge is -2.25. The largest absolute Gasteiger partial charge is 0.455 e. The number of esters is 1. The Labute approximate surface area is 220 Å². The number of piperidine rings is 1. The van der Waals surface area contributed by atoms with E-state index in [2.05, 4.69) is 15.2 Å². The van der Waals surface area contributed by atoms with E-state index in [9.17, 15) is 14.7 Å². The highest BCUT2D eigenvalue weighted by atomic mass is 35.5. The number of hydrogen-bond acceptors (Lipinski definition) is 8. The summed E-state index contributed by atoms with van der Waals surface area (Å²) in [6.07, 6.45) is -0.247. The molecular formula is C27H32ClN5O4. The number of fused-ring (bicyclic) bond motifs is 2. The minimum Gasteiger partial charge on any atom is -0.455 e. The first-order chi connectivity index (χ1) is 17.3. The Balaban J connectivity index is 1.54. The number of nitrogens with one attached hydrogen (secondary N) is 1. The molecule has 0 bridgehead atoms.